The number of fused-ring (bicyclic) bond motifs is 1. The van der Waals surface area contributed by atoms with Gasteiger partial charge in [0.2, 0.25) is 5.91 Å². The Kier molecular flexibility index (Phi) is 4.19. The summed E-state index contributed by atoms with van der Waals surface area (Å²) in [6.45, 7) is 1.66. The number of furan rings is 1. The molecule has 0 saturated heterocycles. The fourth-order valence-corrected chi connectivity index (χ4v) is 1.86. The highest BCUT2D eigenvalue weighted by atomic mass is 16.3. The molecule has 0 bridgehead atoms. The van der Waals surface area contributed by atoms with Crippen molar-refractivity contribution in [2.45, 2.75) is 19.4 Å². The van der Waals surface area contributed by atoms with Gasteiger partial charge in [-0.25, -0.2) is 0 Å². The van der Waals surface area contributed by atoms with Crippen LogP contribution in [0.3, 0.4) is 0 Å². The van der Waals surface area contributed by atoms with E-state index in [0.717, 1.165) is 22.1 Å². The number of carbonyl (C=O) groups is 1. The van der Waals surface area contributed by atoms with Crippen molar-refractivity contribution >= 4 is 16.9 Å². The minimum atomic E-state index is -0.923. The molecular weight excluding hydrogens is 246 g/mol. The van der Waals surface area contributed by atoms with Crippen molar-refractivity contribution in [1.82, 2.24) is 5.32 Å². The Morgan fingerprint density at radius 2 is 2.26 bits per heavy atom. The summed E-state index contributed by atoms with van der Waals surface area (Å²) in [7, 11) is 0. The molecule has 1 amide bonds. The molecule has 1 atom stereocenters. The largest absolute Gasteiger partial charge is 0.464 e. The van der Waals surface area contributed by atoms with E-state index in [9.17, 15) is 4.79 Å². The van der Waals surface area contributed by atoms with Gasteiger partial charge in [-0.15, -0.1) is 0 Å². The number of amides is 1. The molecule has 0 aliphatic carbocycles. The van der Waals surface area contributed by atoms with Crippen LogP contribution in [0.25, 0.3) is 11.0 Å². The Hall–Kier alpha value is -1.85. The minimum Gasteiger partial charge on any atom is -0.464 e. The van der Waals surface area contributed by atoms with Crippen molar-refractivity contribution < 1.29 is 19.4 Å². The highest BCUT2D eigenvalue weighted by Crippen LogP contribution is 2.22. The van der Waals surface area contributed by atoms with Gasteiger partial charge in [-0.05, 0) is 18.6 Å². The molecule has 1 aromatic carbocycles. The van der Waals surface area contributed by atoms with Gasteiger partial charge in [0.15, 0.2) is 0 Å². The molecule has 5 heteroatoms. The highest BCUT2D eigenvalue weighted by Gasteiger charge is 2.11. The Bertz CT molecular complexity index is 576. The third-order valence-corrected chi connectivity index (χ3v) is 2.91. The molecule has 1 aromatic heterocycles. The molecule has 0 spiro atoms. The van der Waals surface area contributed by atoms with Crippen molar-refractivity contribution in [3.05, 3.63) is 35.6 Å². The van der Waals surface area contributed by atoms with Gasteiger partial charge in [-0.1, -0.05) is 12.1 Å². The quantitative estimate of drug-likeness (QED) is 0.743. The summed E-state index contributed by atoms with van der Waals surface area (Å²) in [5, 5.41) is 21.3. The van der Waals surface area contributed by atoms with Crippen LogP contribution in [0.4, 0.5) is 0 Å². The van der Waals surface area contributed by atoms with Gasteiger partial charge < -0.3 is 19.9 Å². The fourth-order valence-electron chi connectivity index (χ4n) is 1.86. The number of rotatable bonds is 5. The van der Waals surface area contributed by atoms with Crippen LogP contribution in [0, 0.1) is 6.92 Å². The molecule has 5 nitrogen and oxygen atoms in total. The lowest BCUT2D eigenvalue weighted by Crippen LogP contribution is -2.34. The zero-order chi connectivity index (χ0) is 13.8. The maximum atomic E-state index is 11.7. The zero-order valence-corrected chi connectivity index (χ0v) is 10.7. The number of aliphatic hydroxyl groups is 2. The lowest BCUT2D eigenvalue weighted by molar-refractivity contribution is -0.121. The van der Waals surface area contributed by atoms with Crippen molar-refractivity contribution in [2.24, 2.45) is 0 Å². The fraction of sp³-hybridized carbons (Fsp3) is 0.357. The second kappa shape index (κ2) is 5.86. The van der Waals surface area contributed by atoms with Crippen LogP contribution >= 0.6 is 0 Å². The van der Waals surface area contributed by atoms with Crippen molar-refractivity contribution in [2.75, 3.05) is 13.2 Å². The second-order valence-corrected chi connectivity index (χ2v) is 4.58. The predicted molar refractivity (Wildman–Crippen MR) is 70.8 cm³/mol. The van der Waals surface area contributed by atoms with Crippen LogP contribution in [0.2, 0.25) is 0 Å². The Morgan fingerprint density at radius 3 is 3.00 bits per heavy atom. The first-order valence-corrected chi connectivity index (χ1v) is 6.12. The topological polar surface area (TPSA) is 82.7 Å². The van der Waals surface area contributed by atoms with E-state index in [1.165, 1.54) is 0 Å². The lowest BCUT2D eigenvalue weighted by Gasteiger charge is -2.08. The van der Waals surface area contributed by atoms with E-state index in [4.69, 9.17) is 14.6 Å². The SMILES string of the molecule is Cc1ccc2c(CC(=O)NCC(O)CO)coc2c1. The number of hydrogen-bond acceptors (Lipinski definition) is 4. The number of aryl methyl sites for hydroxylation is 1. The molecule has 0 aliphatic heterocycles. The summed E-state index contributed by atoms with van der Waals surface area (Å²) in [6, 6.07) is 5.82. The third-order valence-electron chi connectivity index (χ3n) is 2.91. The summed E-state index contributed by atoms with van der Waals surface area (Å²) in [5.74, 6) is -0.212. The predicted octanol–water partition coefficient (Wildman–Crippen LogP) is 0.753. The lowest BCUT2D eigenvalue weighted by atomic mass is 10.1. The first-order chi connectivity index (χ1) is 9.10. The van der Waals surface area contributed by atoms with Crippen LogP contribution in [0.5, 0.6) is 0 Å². The molecule has 3 N–H and O–H groups in total. The molecule has 0 radical (unpaired) electrons. The van der Waals surface area contributed by atoms with E-state index in [2.05, 4.69) is 5.32 Å². The van der Waals surface area contributed by atoms with E-state index >= 15 is 0 Å². The van der Waals surface area contributed by atoms with Gasteiger partial charge in [0, 0.05) is 17.5 Å². The maximum Gasteiger partial charge on any atom is 0.224 e. The van der Waals surface area contributed by atoms with Gasteiger partial charge in [0.1, 0.15) is 5.58 Å². The van der Waals surface area contributed by atoms with Gasteiger partial charge >= 0.3 is 0 Å². The molecule has 0 aliphatic rings. The minimum absolute atomic E-state index is 0.0459. The van der Waals surface area contributed by atoms with E-state index in [-0.39, 0.29) is 25.5 Å². The van der Waals surface area contributed by atoms with Gasteiger partial charge in [0.05, 0.1) is 25.4 Å². The molecule has 1 unspecified atom stereocenters. The molecule has 1 heterocycles. The monoisotopic (exact) mass is 263 g/mol. The highest BCUT2D eigenvalue weighted by molar-refractivity contribution is 5.87. The molecule has 102 valence electrons. The summed E-state index contributed by atoms with van der Waals surface area (Å²) in [4.78, 5) is 11.7. The van der Waals surface area contributed by atoms with Crippen molar-refractivity contribution in [3.8, 4) is 0 Å². The molecule has 19 heavy (non-hydrogen) atoms. The Morgan fingerprint density at radius 1 is 1.47 bits per heavy atom. The van der Waals surface area contributed by atoms with Crippen molar-refractivity contribution in [1.29, 1.82) is 0 Å². The first-order valence-electron chi connectivity index (χ1n) is 6.12. The molecule has 2 aromatic rings. The van der Waals surface area contributed by atoms with Crippen molar-refractivity contribution in [3.63, 3.8) is 0 Å². The summed E-state index contributed by atoms with van der Waals surface area (Å²) < 4.78 is 5.41. The average Bonchev–Trinajstić information content (AvgIpc) is 2.78. The summed E-state index contributed by atoms with van der Waals surface area (Å²) in [5.41, 5.74) is 2.67. The number of aliphatic hydroxyl groups excluding tert-OH is 2. The van der Waals surface area contributed by atoms with Gasteiger partial charge in [-0.3, -0.25) is 4.79 Å². The van der Waals surface area contributed by atoms with E-state index in [1.54, 1.807) is 6.26 Å². The van der Waals surface area contributed by atoms with Crippen LogP contribution in [0.15, 0.2) is 28.9 Å². The Balaban J connectivity index is 2.03. The van der Waals surface area contributed by atoms with Crippen LogP contribution in [0.1, 0.15) is 11.1 Å². The molecule has 0 fully saturated rings. The summed E-state index contributed by atoms with van der Waals surface area (Å²) in [6.07, 6.45) is 0.841. The normalized spacial score (nSPS) is 12.6. The Labute approximate surface area is 110 Å². The number of hydrogen-bond donors (Lipinski definition) is 3. The zero-order valence-electron chi connectivity index (χ0n) is 10.7. The van der Waals surface area contributed by atoms with E-state index < -0.39 is 6.10 Å². The standard InChI is InChI=1S/C14H17NO4/c1-9-2-3-12-10(8-19-13(12)4-9)5-14(18)15-6-11(17)7-16/h2-4,8,11,16-17H,5-7H2,1H3,(H,15,18). The first kappa shape index (κ1) is 13.6. The molecule has 0 saturated carbocycles. The van der Waals surface area contributed by atoms with Crippen LogP contribution < -0.4 is 5.32 Å². The van der Waals surface area contributed by atoms with E-state index in [1.807, 2.05) is 25.1 Å². The number of carbonyl (C=O) groups excluding carboxylic acids is 1. The van der Waals surface area contributed by atoms with Gasteiger partial charge in [-0.2, -0.15) is 0 Å². The number of benzene rings is 1. The molecular formula is C14H17NO4. The van der Waals surface area contributed by atoms with Crippen LogP contribution in [-0.4, -0.2) is 35.4 Å². The smallest absolute Gasteiger partial charge is 0.224 e. The maximum absolute atomic E-state index is 11.7. The molecule has 2 rings (SSSR count). The number of nitrogens with one attached hydrogen (secondary N) is 1. The summed E-state index contributed by atoms with van der Waals surface area (Å²) >= 11 is 0. The van der Waals surface area contributed by atoms with Crippen LogP contribution in [-0.2, 0) is 11.2 Å². The van der Waals surface area contributed by atoms with Gasteiger partial charge in [0.25, 0.3) is 0 Å². The third kappa shape index (κ3) is 3.33. The second-order valence-electron chi connectivity index (χ2n) is 4.58. The average molecular weight is 263 g/mol. The van der Waals surface area contributed by atoms with E-state index in [0.29, 0.717) is 0 Å².